The third kappa shape index (κ3) is 7.08. The highest BCUT2D eigenvalue weighted by atomic mass is 127. The molecule has 0 unspecified atom stereocenters. The van der Waals surface area contributed by atoms with Gasteiger partial charge in [0, 0.05) is 0 Å². The van der Waals surface area contributed by atoms with E-state index in [1.54, 1.807) is 0 Å². The second kappa shape index (κ2) is 8.08. The molecule has 0 aromatic rings. The monoisotopic (exact) mass is 244 g/mol. The Bertz CT molecular complexity index is 27.9. The summed E-state index contributed by atoms with van der Waals surface area (Å²) in [5.41, 5.74) is 0. The summed E-state index contributed by atoms with van der Waals surface area (Å²) in [4.78, 5) is 0. The number of thioether (sulfide) groups is 1. The molecule has 1 fully saturated rings. The van der Waals surface area contributed by atoms with Crippen molar-refractivity contribution in [2.45, 2.75) is 19.8 Å². The predicted octanol–water partition coefficient (Wildman–Crippen LogP) is 2.95. The van der Waals surface area contributed by atoms with E-state index < -0.39 is 0 Å². The van der Waals surface area contributed by atoms with Gasteiger partial charge in [-0.1, -0.05) is 29.5 Å². The number of rotatable bonds is 0. The van der Waals surface area contributed by atoms with Gasteiger partial charge in [0.05, 0.1) is 0 Å². The van der Waals surface area contributed by atoms with Gasteiger partial charge in [0.1, 0.15) is 0 Å². The standard InChI is InChI=1S/C4H8S.C2H5I/c1-2-4-5-3-1;1-2-3/h1-4H2;2H2,1H3. The fourth-order valence-corrected chi connectivity index (χ4v) is 1.53. The molecule has 0 spiro atoms. The lowest BCUT2D eigenvalue weighted by Crippen LogP contribution is -1.58. The second-order valence-electron chi connectivity index (χ2n) is 1.59. The highest BCUT2D eigenvalue weighted by molar-refractivity contribution is 14.1. The highest BCUT2D eigenvalue weighted by Gasteiger charge is 1.95. The Kier molecular flexibility index (Phi) is 9.17. The molecule has 0 N–H and O–H groups in total. The Hall–Kier alpha value is 1.08. The minimum atomic E-state index is 1.22. The molecule has 0 aromatic carbocycles. The summed E-state index contributed by atoms with van der Waals surface area (Å²) in [6, 6.07) is 0. The topological polar surface area (TPSA) is 0 Å². The first kappa shape index (κ1) is 9.08. The van der Waals surface area contributed by atoms with Crippen molar-refractivity contribution in [2.75, 3.05) is 15.9 Å². The summed E-state index contributed by atoms with van der Waals surface area (Å²) in [5, 5.41) is 0. The quantitative estimate of drug-likeness (QED) is 0.466. The molecular weight excluding hydrogens is 231 g/mol. The van der Waals surface area contributed by atoms with Crippen LogP contribution >= 0.6 is 34.4 Å². The maximum atomic E-state index is 2.29. The number of hydrogen-bond acceptors (Lipinski definition) is 1. The zero-order chi connectivity index (χ0) is 6.24. The van der Waals surface area contributed by atoms with Gasteiger partial charge in [-0.25, -0.2) is 0 Å². The van der Waals surface area contributed by atoms with Gasteiger partial charge in [0.15, 0.2) is 0 Å². The molecule has 0 aromatic heterocycles. The van der Waals surface area contributed by atoms with Crippen molar-refractivity contribution in [3.05, 3.63) is 0 Å². The van der Waals surface area contributed by atoms with Crippen LogP contribution in [0.5, 0.6) is 0 Å². The van der Waals surface area contributed by atoms with Crippen LogP contribution in [0, 0.1) is 0 Å². The fourth-order valence-electron chi connectivity index (χ4n) is 0.510. The Morgan fingerprint density at radius 2 is 1.75 bits per heavy atom. The number of alkyl halides is 1. The van der Waals surface area contributed by atoms with Crippen molar-refractivity contribution in [2.24, 2.45) is 0 Å². The molecule has 0 saturated carbocycles. The van der Waals surface area contributed by atoms with Crippen LogP contribution in [0.3, 0.4) is 0 Å². The predicted molar refractivity (Wildman–Crippen MR) is 51.1 cm³/mol. The molecule has 0 atom stereocenters. The van der Waals surface area contributed by atoms with E-state index in [0.717, 1.165) is 0 Å². The van der Waals surface area contributed by atoms with Crippen LogP contribution in [0.4, 0.5) is 0 Å². The minimum Gasteiger partial charge on any atom is -0.162 e. The van der Waals surface area contributed by atoms with Gasteiger partial charge in [-0.05, 0) is 28.8 Å². The van der Waals surface area contributed by atoms with E-state index in [1.165, 1.54) is 28.8 Å². The summed E-state index contributed by atoms with van der Waals surface area (Å²) >= 11 is 4.36. The van der Waals surface area contributed by atoms with Crippen LogP contribution in [0.15, 0.2) is 0 Å². The lowest BCUT2D eigenvalue weighted by atomic mass is 10.4. The smallest absolute Gasteiger partial charge is 0.00332 e. The third-order valence-electron chi connectivity index (χ3n) is 0.827. The largest absolute Gasteiger partial charge is 0.162 e. The average molecular weight is 244 g/mol. The van der Waals surface area contributed by atoms with Gasteiger partial charge >= 0.3 is 0 Å². The fraction of sp³-hybridized carbons (Fsp3) is 1.00. The summed E-state index contributed by atoms with van der Waals surface area (Å²) in [6.07, 6.45) is 2.93. The van der Waals surface area contributed by atoms with Gasteiger partial charge in [-0.2, -0.15) is 11.8 Å². The van der Waals surface area contributed by atoms with Gasteiger partial charge in [-0.3, -0.25) is 0 Å². The highest BCUT2D eigenvalue weighted by Crippen LogP contribution is 2.14. The molecule has 0 radical (unpaired) electrons. The third-order valence-corrected chi connectivity index (χ3v) is 1.98. The first-order valence-corrected chi connectivity index (χ1v) is 5.73. The van der Waals surface area contributed by atoms with Crippen molar-refractivity contribution in [1.82, 2.24) is 0 Å². The van der Waals surface area contributed by atoms with Gasteiger partial charge < -0.3 is 0 Å². The number of halogens is 1. The molecule has 0 nitrogen and oxygen atoms in total. The lowest BCUT2D eigenvalue weighted by Gasteiger charge is -1.69. The van der Waals surface area contributed by atoms with E-state index in [0.29, 0.717) is 0 Å². The molecule has 0 amide bonds. The lowest BCUT2D eigenvalue weighted by molar-refractivity contribution is 0.949. The Balaban J connectivity index is 0.000000145. The molecule has 0 aliphatic carbocycles. The first-order valence-electron chi connectivity index (χ1n) is 3.05. The van der Waals surface area contributed by atoms with E-state index in [9.17, 15) is 0 Å². The molecule has 8 heavy (non-hydrogen) atoms. The van der Waals surface area contributed by atoms with Crippen LogP contribution in [-0.4, -0.2) is 15.9 Å². The Labute approximate surface area is 69.9 Å². The van der Waals surface area contributed by atoms with Crippen LogP contribution in [0.25, 0.3) is 0 Å². The van der Waals surface area contributed by atoms with Crippen molar-refractivity contribution in [3.8, 4) is 0 Å². The summed E-state index contributed by atoms with van der Waals surface area (Å²) in [5.74, 6) is 2.83. The van der Waals surface area contributed by atoms with E-state index in [-0.39, 0.29) is 0 Å². The van der Waals surface area contributed by atoms with Crippen LogP contribution < -0.4 is 0 Å². The van der Waals surface area contributed by atoms with E-state index in [2.05, 4.69) is 41.3 Å². The zero-order valence-corrected chi connectivity index (χ0v) is 8.30. The maximum absolute atomic E-state index is 2.29. The van der Waals surface area contributed by atoms with Crippen molar-refractivity contribution >= 4 is 34.4 Å². The normalized spacial score (nSPS) is 17.2. The van der Waals surface area contributed by atoms with E-state index >= 15 is 0 Å². The Morgan fingerprint density at radius 1 is 1.38 bits per heavy atom. The van der Waals surface area contributed by atoms with Gasteiger partial charge in [0.2, 0.25) is 0 Å². The molecule has 0 bridgehead atoms. The second-order valence-corrected chi connectivity index (χ2v) is 4.34. The van der Waals surface area contributed by atoms with Crippen molar-refractivity contribution in [3.63, 3.8) is 0 Å². The molecule has 1 saturated heterocycles. The van der Waals surface area contributed by atoms with Crippen molar-refractivity contribution in [1.29, 1.82) is 0 Å². The van der Waals surface area contributed by atoms with Crippen LogP contribution in [0.2, 0.25) is 0 Å². The Morgan fingerprint density at radius 3 is 1.88 bits per heavy atom. The summed E-state index contributed by atoms with van der Waals surface area (Å²) in [7, 11) is 0. The molecule has 2 heteroatoms. The summed E-state index contributed by atoms with van der Waals surface area (Å²) in [6.45, 7) is 2.11. The summed E-state index contributed by atoms with van der Waals surface area (Å²) < 4.78 is 1.22. The molecule has 1 rings (SSSR count). The van der Waals surface area contributed by atoms with E-state index in [4.69, 9.17) is 0 Å². The van der Waals surface area contributed by atoms with E-state index in [1.807, 2.05) is 0 Å². The van der Waals surface area contributed by atoms with Crippen LogP contribution in [0.1, 0.15) is 19.8 Å². The average Bonchev–Trinajstić information content (AvgIpc) is 2.17. The van der Waals surface area contributed by atoms with Crippen LogP contribution in [-0.2, 0) is 0 Å². The first-order chi connectivity index (χ1) is 3.91. The number of hydrogen-bond donors (Lipinski definition) is 0. The minimum absolute atomic E-state index is 1.22. The van der Waals surface area contributed by atoms with Gasteiger partial charge in [0.25, 0.3) is 0 Å². The SMILES string of the molecule is C1CCSC1.CCI. The molecular formula is C6H13IS. The zero-order valence-electron chi connectivity index (χ0n) is 5.32. The molecule has 1 aliphatic rings. The molecule has 1 aliphatic heterocycles. The molecule has 50 valence electrons. The van der Waals surface area contributed by atoms with Crippen molar-refractivity contribution < 1.29 is 0 Å². The van der Waals surface area contributed by atoms with Gasteiger partial charge in [-0.15, -0.1) is 0 Å². The maximum Gasteiger partial charge on any atom is -0.00332 e. The molecule has 1 heterocycles.